The number of benzene rings is 2. The maximum absolute atomic E-state index is 13.3. The summed E-state index contributed by atoms with van der Waals surface area (Å²) in [5, 5.41) is 6.90. The Morgan fingerprint density at radius 2 is 1.76 bits per heavy atom. The molecule has 0 aliphatic heterocycles. The van der Waals surface area contributed by atoms with Gasteiger partial charge in [-0.1, -0.05) is 36.4 Å². The molecule has 166 valence electrons. The van der Waals surface area contributed by atoms with Gasteiger partial charge in [0.1, 0.15) is 5.82 Å². The summed E-state index contributed by atoms with van der Waals surface area (Å²) >= 11 is 1.38. The molecular formula is C26H24N4O2S. The molecule has 33 heavy (non-hydrogen) atoms. The number of thioether (sulfide) groups is 1. The van der Waals surface area contributed by atoms with E-state index in [9.17, 15) is 9.59 Å². The minimum absolute atomic E-state index is 0.00383. The highest BCUT2D eigenvalue weighted by Crippen LogP contribution is 2.30. The number of hydrogen-bond acceptors (Lipinski definition) is 5. The van der Waals surface area contributed by atoms with Gasteiger partial charge in [0.25, 0.3) is 0 Å². The molecule has 0 atom stereocenters. The average Bonchev–Trinajstić information content (AvgIpc) is 3.62. The Morgan fingerprint density at radius 1 is 1.06 bits per heavy atom. The van der Waals surface area contributed by atoms with Crippen LogP contribution in [0.3, 0.4) is 0 Å². The monoisotopic (exact) mass is 456 g/mol. The lowest BCUT2D eigenvalue weighted by Crippen LogP contribution is -2.27. The minimum atomic E-state index is -0.131. The summed E-state index contributed by atoms with van der Waals surface area (Å²) in [4.78, 5) is 31.1. The Morgan fingerprint density at radius 3 is 2.45 bits per heavy atom. The van der Waals surface area contributed by atoms with E-state index in [4.69, 9.17) is 4.98 Å². The molecule has 1 amide bonds. The summed E-state index contributed by atoms with van der Waals surface area (Å²) in [7, 11) is 0. The Hall–Kier alpha value is -3.58. The quantitative estimate of drug-likeness (QED) is 0.391. The third-order valence-electron chi connectivity index (χ3n) is 5.42. The van der Waals surface area contributed by atoms with E-state index in [-0.39, 0.29) is 17.1 Å². The van der Waals surface area contributed by atoms with Gasteiger partial charge in [-0.2, -0.15) is 0 Å². The largest absolute Gasteiger partial charge is 0.353 e. The Labute approximate surface area is 196 Å². The number of fused-ring (bicyclic) bond motifs is 1. The van der Waals surface area contributed by atoms with Gasteiger partial charge >= 0.3 is 0 Å². The van der Waals surface area contributed by atoms with E-state index in [0.29, 0.717) is 22.9 Å². The molecule has 1 fully saturated rings. The SMILES string of the molecule is Cc1cc(SCC(=O)NC2CC2)c2c(=O)cc(Nc3ccccc3)n(-c3ccccc3)c2n1. The lowest BCUT2D eigenvalue weighted by Gasteiger charge is -2.19. The fourth-order valence-corrected chi connectivity index (χ4v) is 4.71. The molecule has 1 aliphatic rings. The van der Waals surface area contributed by atoms with Crippen LogP contribution in [-0.2, 0) is 4.79 Å². The molecule has 0 unspecified atom stereocenters. The van der Waals surface area contributed by atoms with E-state index in [1.165, 1.54) is 11.8 Å². The van der Waals surface area contributed by atoms with Crippen LogP contribution in [0.1, 0.15) is 18.5 Å². The van der Waals surface area contributed by atoms with Crippen LogP contribution in [0.25, 0.3) is 16.7 Å². The van der Waals surface area contributed by atoms with E-state index in [1.54, 1.807) is 6.07 Å². The van der Waals surface area contributed by atoms with Gasteiger partial charge in [0.2, 0.25) is 5.91 Å². The van der Waals surface area contributed by atoms with E-state index < -0.39 is 0 Å². The molecule has 2 N–H and O–H groups in total. The summed E-state index contributed by atoms with van der Waals surface area (Å²) in [6.45, 7) is 1.91. The number of anilines is 2. The Bertz CT molecular complexity index is 1370. The second-order valence-corrected chi connectivity index (χ2v) is 9.16. The van der Waals surface area contributed by atoms with E-state index in [1.807, 2.05) is 78.2 Å². The van der Waals surface area contributed by atoms with Gasteiger partial charge in [-0.15, -0.1) is 11.8 Å². The number of hydrogen-bond donors (Lipinski definition) is 2. The van der Waals surface area contributed by atoms with Crippen molar-refractivity contribution in [3.05, 3.63) is 88.7 Å². The van der Waals surface area contributed by atoms with Crippen LogP contribution in [0, 0.1) is 6.92 Å². The van der Waals surface area contributed by atoms with Crippen molar-refractivity contribution in [3.63, 3.8) is 0 Å². The maximum Gasteiger partial charge on any atom is 0.230 e. The predicted octanol–water partition coefficient (Wildman–Crippen LogP) is 4.81. The topological polar surface area (TPSA) is 76.0 Å². The molecule has 7 heteroatoms. The van der Waals surface area contributed by atoms with E-state index in [2.05, 4.69) is 10.6 Å². The van der Waals surface area contributed by atoms with Gasteiger partial charge in [0.05, 0.1) is 11.1 Å². The standard InChI is InChI=1S/C26H24N4O2S/c1-17-14-22(33-16-24(32)29-19-12-13-19)25-21(31)15-23(28-18-8-4-2-5-9-18)30(26(25)27-17)20-10-6-3-7-11-20/h2-11,14-15,19,28H,12-13,16H2,1H3,(H,29,32). The second-order valence-electron chi connectivity index (χ2n) is 8.15. The zero-order valence-corrected chi connectivity index (χ0v) is 19.1. The average molecular weight is 457 g/mol. The minimum Gasteiger partial charge on any atom is -0.353 e. The van der Waals surface area contributed by atoms with Gasteiger partial charge < -0.3 is 10.6 Å². The van der Waals surface area contributed by atoms with Crippen molar-refractivity contribution in [2.24, 2.45) is 0 Å². The number of nitrogens with zero attached hydrogens (tertiary/aromatic N) is 2. The number of pyridine rings is 2. The van der Waals surface area contributed by atoms with Gasteiger partial charge in [0.15, 0.2) is 11.1 Å². The van der Waals surface area contributed by atoms with E-state index in [0.717, 1.165) is 34.8 Å². The van der Waals surface area contributed by atoms with Crippen LogP contribution < -0.4 is 16.1 Å². The first kappa shape index (κ1) is 21.3. The molecule has 2 heterocycles. The van der Waals surface area contributed by atoms with Crippen LogP contribution >= 0.6 is 11.8 Å². The summed E-state index contributed by atoms with van der Waals surface area (Å²) in [5.74, 6) is 0.894. The van der Waals surface area contributed by atoms with Gasteiger partial charge in [-0.25, -0.2) is 4.98 Å². The second kappa shape index (κ2) is 9.11. The fraction of sp³-hybridized carbons (Fsp3) is 0.192. The molecule has 6 nitrogen and oxygen atoms in total. The van der Waals surface area contributed by atoms with Crippen molar-refractivity contribution < 1.29 is 4.79 Å². The highest BCUT2D eigenvalue weighted by Gasteiger charge is 2.23. The van der Waals surface area contributed by atoms with Crippen molar-refractivity contribution >= 4 is 40.2 Å². The van der Waals surface area contributed by atoms with Crippen LogP contribution in [-0.4, -0.2) is 27.3 Å². The molecule has 5 rings (SSSR count). The molecule has 0 saturated heterocycles. The maximum atomic E-state index is 13.3. The highest BCUT2D eigenvalue weighted by atomic mass is 32.2. The number of aryl methyl sites for hydroxylation is 1. The molecule has 1 saturated carbocycles. The Kier molecular flexibility index (Phi) is 5.88. The van der Waals surface area contributed by atoms with Gasteiger partial charge in [0, 0.05) is 34.1 Å². The number of rotatable bonds is 7. The van der Waals surface area contributed by atoms with Crippen molar-refractivity contribution in [2.45, 2.75) is 30.7 Å². The number of aromatic nitrogens is 2. The molecular weight excluding hydrogens is 432 g/mol. The molecule has 2 aromatic heterocycles. The van der Waals surface area contributed by atoms with Crippen LogP contribution in [0.4, 0.5) is 11.5 Å². The number of carbonyl (C=O) groups is 1. The summed E-state index contributed by atoms with van der Waals surface area (Å²) in [6, 6.07) is 23.4. The number of nitrogens with one attached hydrogen (secondary N) is 2. The molecule has 2 aromatic carbocycles. The smallest absolute Gasteiger partial charge is 0.230 e. The molecule has 0 spiro atoms. The van der Waals surface area contributed by atoms with Gasteiger partial charge in [-0.3, -0.25) is 14.2 Å². The van der Waals surface area contributed by atoms with Crippen LogP contribution in [0.5, 0.6) is 0 Å². The first-order valence-electron chi connectivity index (χ1n) is 11.0. The van der Waals surface area contributed by atoms with Crippen molar-refractivity contribution in [1.82, 2.24) is 14.9 Å². The highest BCUT2D eigenvalue weighted by molar-refractivity contribution is 8.00. The number of para-hydroxylation sites is 2. The van der Waals surface area contributed by atoms with Crippen molar-refractivity contribution in [1.29, 1.82) is 0 Å². The Balaban J connectivity index is 1.64. The zero-order valence-electron chi connectivity index (χ0n) is 18.2. The number of carbonyl (C=O) groups excluding carboxylic acids is 1. The normalized spacial score (nSPS) is 13.1. The van der Waals surface area contributed by atoms with E-state index >= 15 is 0 Å². The fourth-order valence-electron chi connectivity index (χ4n) is 3.75. The van der Waals surface area contributed by atoms with Gasteiger partial charge in [-0.05, 0) is 50.1 Å². The van der Waals surface area contributed by atoms with Crippen LogP contribution in [0.15, 0.2) is 82.5 Å². The summed E-state index contributed by atoms with van der Waals surface area (Å²) in [6.07, 6.45) is 2.10. The third-order valence-corrected chi connectivity index (χ3v) is 6.46. The molecule has 0 radical (unpaired) electrons. The first-order chi connectivity index (χ1) is 16.1. The third kappa shape index (κ3) is 4.78. The molecule has 1 aliphatic carbocycles. The lowest BCUT2D eigenvalue weighted by atomic mass is 10.2. The molecule has 0 bridgehead atoms. The first-order valence-corrected chi connectivity index (χ1v) is 11.9. The zero-order chi connectivity index (χ0) is 22.8. The van der Waals surface area contributed by atoms with Crippen LogP contribution in [0.2, 0.25) is 0 Å². The molecule has 4 aromatic rings. The van der Waals surface area contributed by atoms with Crippen molar-refractivity contribution in [2.75, 3.05) is 11.1 Å². The lowest BCUT2D eigenvalue weighted by molar-refractivity contribution is -0.118. The summed E-state index contributed by atoms with van der Waals surface area (Å²) in [5.41, 5.74) is 2.99. The summed E-state index contributed by atoms with van der Waals surface area (Å²) < 4.78 is 1.96. The van der Waals surface area contributed by atoms with Crippen molar-refractivity contribution in [3.8, 4) is 5.69 Å². The predicted molar refractivity (Wildman–Crippen MR) is 134 cm³/mol. The number of amides is 1.